The van der Waals surface area contributed by atoms with Gasteiger partial charge in [-0.3, -0.25) is 0 Å². The van der Waals surface area contributed by atoms with E-state index in [1.54, 1.807) is 0 Å². The van der Waals surface area contributed by atoms with Gasteiger partial charge in [-0.2, -0.15) is 5.71 Å². The van der Waals surface area contributed by atoms with Crippen molar-refractivity contribution in [1.82, 2.24) is 0 Å². The Morgan fingerprint density at radius 3 is 1.18 bits per heavy atom. The van der Waals surface area contributed by atoms with Crippen LogP contribution in [0.5, 0.6) is 0 Å². The van der Waals surface area contributed by atoms with Gasteiger partial charge in [0.2, 0.25) is 0 Å². The van der Waals surface area contributed by atoms with E-state index in [4.69, 9.17) is 9.07 Å². The van der Waals surface area contributed by atoms with E-state index in [-0.39, 0.29) is 24.4 Å². The summed E-state index contributed by atoms with van der Waals surface area (Å²) in [4.78, 5) is 0. The molecule has 0 spiro atoms. The first-order chi connectivity index (χ1) is 4.69. The fraction of sp³-hybridized carbons (Fsp3) is 1.00. The second kappa shape index (κ2) is 4.13. The first kappa shape index (κ1) is 12.5. The van der Waals surface area contributed by atoms with Gasteiger partial charge in [0.1, 0.15) is 0 Å². The minimum absolute atomic E-state index is 0.0638. The van der Waals surface area contributed by atoms with E-state index in [1.165, 1.54) is 0 Å². The van der Waals surface area contributed by atoms with Crippen LogP contribution in [0.2, 0.25) is 0 Å². The van der Waals surface area contributed by atoms with Gasteiger partial charge in [0.25, 0.3) is 0 Å². The van der Waals surface area contributed by atoms with Crippen LogP contribution in [0, 0.1) is 0 Å². The average Bonchev–Trinajstić information content (AvgIpc) is 1.56. The molecule has 0 atom stereocenters. The van der Waals surface area contributed by atoms with E-state index < -0.39 is 0 Å². The van der Waals surface area contributed by atoms with Gasteiger partial charge in [0.05, 0.1) is 0 Å². The Labute approximate surface area is 85.1 Å². The molecule has 64 valence electrons. The van der Waals surface area contributed by atoms with E-state index in [2.05, 4.69) is 41.5 Å². The monoisotopic (exact) mass is 204 g/mol. The lowest BCUT2D eigenvalue weighted by Crippen LogP contribution is -2.26. The molecule has 0 rings (SSSR count). The van der Waals surface area contributed by atoms with Crippen molar-refractivity contribution in [1.29, 1.82) is 0 Å². The predicted molar refractivity (Wildman–Crippen MR) is 58.0 cm³/mol. The van der Waals surface area contributed by atoms with Gasteiger partial charge in [0, 0.05) is 0 Å². The zero-order chi connectivity index (χ0) is 9.28. The van der Waals surface area contributed by atoms with Crippen molar-refractivity contribution < 1.29 is 0 Å². The standard InChI is InChI=1S/C8H18P.ClH.Mg/c1-7(2,3)9-8(4,5)6;;/h1-6H3;1H;/q-1;;+2/p-1. The second-order valence-electron chi connectivity index (χ2n) is 4.89. The maximum Gasteiger partial charge on any atom is 0.538 e. The van der Waals surface area contributed by atoms with Crippen molar-refractivity contribution in [3.63, 3.8) is 0 Å². The maximum absolute atomic E-state index is 6.10. The molecular formula is C8H18ClMgP. The van der Waals surface area contributed by atoms with Crippen LogP contribution >= 0.6 is 14.8 Å². The molecule has 0 saturated heterocycles. The molecule has 0 aromatic rings. The number of rotatable bonds is 1. The summed E-state index contributed by atoms with van der Waals surface area (Å²) in [7, 11) is 6.10. The van der Waals surface area contributed by atoms with Crippen LogP contribution in [0.1, 0.15) is 41.5 Å². The predicted octanol–water partition coefficient (Wildman–Crippen LogP) is 3.84. The first-order valence-corrected chi connectivity index (χ1v) is 9.59. The third kappa shape index (κ3) is 4.31. The molecule has 0 heterocycles. The molecule has 0 aliphatic heterocycles. The summed E-state index contributed by atoms with van der Waals surface area (Å²) in [5.41, 5.74) is 0.0638. The van der Waals surface area contributed by atoms with E-state index in [9.17, 15) is 0 Å². The van der Waals surface area contributed by atoms with Crippen LogP contribution in [0.3, 0.4) is 0 Å². The van der Waals surface area contributed by atoms with Crippen LogP contribution < -0.4 is 0 Å². The van der Waals surface area contributed by atoms with Gasteiger partial charge in [-0.05, 0) is 10.3 Å². The molecular weight excluding hydrogens is 187 g/mol. The van der Waals surface area contributed by atoms with Gasteiger partial charge < -0.3 is 9.07 Å². The lowest BCUT2D eigenvalue weighted by molar-refractivity contribution is 0.719. The van der Waals surface area contributed by atoms with E-state index in [0.29, 0.717) is 10.3 Å². The number of hydrogen-bond donors (Lipinski definition) is 0. The minimum atomic E-state index is -0.343. The Kier molecular flexibility index (Phi) is 4.69. The van der Waals surface area contributed by atoms with Crippen LogP contribution in [0.15, 0.2) is 0 Å². The molecule has 0 bridgehead atoms. The molecule has 0 fully saturated rings. The Morgan fingerprint density at radius 1 is 0.909 bits per heavy atom. The summed E-state index contributed by atoms with van der Waals surface area (Å²) in [6.45, 7) is 13.9. The summed E-state index contributed by atoms with van der Waals surface area (Å²) < 4.78 is 0. The molecule has 0 radical (unpaired) electrons. The van der Waals surface area contributed by atoms with Gasteiger partial charge >= 0.3 is 18.7 Å². The highest BCUT2D eigenvalue weighted by molar-refractivity contribution is 7.94. The largest absolute Gasteiger partial charge is 0.538 e. The highest BCUT2D eigenvalue weighted by Crippen LogP contribution is 2.58. The molecule has 0 aromatic heterocycles. The fourth-order valence-corrected chi connectivity index (χ4v) is 12.7. The lowest BCUT2D eigenvalue weighted by atomic mass is 10.2. The number of halogens is 1. The lowest BCUT2D eigenvalue weighted by Gasteiger charge is -2.41. The summed E-state index contributed by atoms with van der Waals surface area (Å²) in [6, 6.07) is 0. The van der Waals surface area contributed by atoms with Crippen molar-refractivity contribution in [2.24, 2.45) is 0 Å². The first-order valence-electron chi connectivity index (χ1n) is 4.03. The molecule has 0 aromatic carbocycles. The smallest absolute Gasteiger partial charge is 0.335 e. The maximum atomic E-state index is 6.10. The van der Waals surface area contributed by atoms with Gasteiger partial charge in [0.15, 0.2) is 0 Å². The van der Waals surface area contributed by atoms with Crippen LogP contribution in [0.25, 0.3) is 0 Å². The Balaban J connectivity index is 4.43. The van der Waals surface area contributed by atoms with Crippen molar-refractivity contribution in [3.8, 4) is 0 Å². The molecule has 11 heavy (non-hydrogen) atoms. The van der Waals surface area contributed by atoms with Gasteiger partial charge in [-0.25, -0.2) is 0 Å². The Hall–Kier alpha value is 1.49. The summed E-state index contributed by atoms with van der Waals surface area (Å²) in [6.07, 6.45) is 0. The molecule has 0 saturated carbocycles. The summed E-state index contributed by atoms with van der Waals surface area (Å²) in [5, 5.41) is 0.892. The van der Waals surface area contributed by atoms with E-state index >= 15 is 0 Å². The summed E-state index contributed by atoms with van der Waals surface area (Å²) >= 11 is -0.343. The fourth-order valence-electron chi connectivity index (χ4n) is 1.36. The summed E-state index contributed by atoms with van der Waals surface area (Å²) in [5.74, 6) is 0. The zero-order valence-electron chi connectivity index (χ0n) is 8.53. The molecule has 0 unspecified atom stereocenters. The third-order valence-corrected chi connectivity index (χ3v) is 13.8. The second-order valence-corrected chi connectivity index (χ2v) is 13.4. The highest BCUT2D eigenvalue weighted by Gasteiger charge is 2.33. The van der Waals surface area contributed by atoms with Crippen LogP contribution in [-0.2, 0) is 0 Å². The molecule has 3 heteroatoms. The SMILES string of the molecule is CC(C)(C)[P]([Mg][Cl])C(C)(C)C. The topological polar surface area (TPSA) is 0 Å². The molecule has 0 N–H and O–H groups in total. The van der Waals surface area contributed by atoms with Crippen molar-refractivity contribution in [3.05, 3.63) is 0 Å². The average molecular weight is 205 g/mol. The molecule has 0 aliphatic rings. The van der Waals surface area contributed by atoms with Crippen molar-refractivity contribution in [2.75, 3.05) is 0 Å². The van der Waals surface area contributed by atoms with Gasteiger partial charge in [-0.15, -0.1) is 0 Å². The van der Waals surface area contributed by atoms with Crippen LogP contribution in [-0.4, -0.2) is 29.0 Å². The van der Waals surface area contributed by atoms with Crippen molar-refractivity contribution >= 4 is 33.5 Å². The van der Waals surface area contributed by atoms with Gasteiger partial charge in [-0.1, -0.05) is 41.5 Å². The van der Waals surface area contributed by atoms with E-state index in [1.807, 2.05) is 0 Å². The normalized spacial score (nSPS) is 13.5. The third-order valence-electron chi connectivity index (χ3n) is 1.74. The quantitative estimate of drug-likeness (QED) is 0.450. The molecule has 0 amide bonds. The van der Waals surface area contributed by atoms with E-state index in [0.717, 1.165) is 0 Å². The molecule has 0 aliphatic carbocycles. The number of hydrogen-bond acceptors (Lipinski definition) is 0. The Bertz CT molecular complexity index is 109. The van der Waals surface area contributed by atoms with Crippen molar-refractivity contribution in [2.45, 2.75) is 51.9 Å². The molecule has 0 nitrogen and oxygen atoms in total. The Morgan fingerprint density at radius 2 is 1.18 bits per heavy atom. The highest BCUT2D eigenvalue weighted by atomic mass is 35.5. The minimum Gasteiger partial charge on any atom is -0.335 e. The van der Waals surface area contributed by atoms with Crippen LogP contribution in [0.4, 0.5) is 0 Å². The zero-order valence-corrected chi connectivity index (χ0v) is 11.6.